The minimum absolute atomic E-state index is 0.219. The molecule has 0 aromatic heterocycles. The van der Waals surface area contributed by atoms with Crippen LogP contribution in [0, 0.1) is 9.39 Å². The minimum atomic E-state index is -0.219. The summed E-state index contributed by atoms with van der Waals surface area (Å²) in [7, 11) is 0. The van der Waals surface area contributed by atoms with Gasteiger partial charge in [-0.25, -0.2) is 4.39 Å². The van der Waals surface area contributed by atoms with E-state index in [2.05, 4.69) is 19.2 Å². The lowest BCUT2D eigenvalue weighted by atomic mass is 10.1. The predicted molar refractivity (Wildman–Crippen MR) is 76.1 cm³/mol. The fourth-order valence-corrected chi connectivity index (χ4v) is 2.13. The van der Waals surface area contributed by atoms with Crippen LogP contribution in [0.3, 0.4) is 0 Å². The Labute approximate surface area is 110 Å². The summed E-state index contributed by atoms with van der Waals surface area (Å²) >= 11 is 1.94. The Kier molecular flexibility index (Phi) is 5.31. The number of hydrogen-bond donors (Lipinski definition) is 2. The maximum Gasteiger partial charge on any atom is 0.138 e. The Bertz CT molecular complexity index is 355. The van der Waals surface area contributed by atoms with E-state index >= 15 is 0 Å². The van der Waals surface area contributed by atoms with Crippen molar-refractivity contribution >= 4 is 34.0 Å². The molecular weight excluding hydrogens is 318 g/mol. The monoisotopic (exact) mass is 336 g/mol. The SMILES string of the molecule is CCCC(CC)Nc1cc(F)c(I)cc1N. The van der Waals surface area contributed by atoms with Crippen molar-refractivity contribution < 1.29 is 4.39 Å². The highest BCUT2D eigenvalue weighted by molar-refractivity contribution is 14.1. The third-order valence-corrected chi connectivity index (χ3v) is 3.41. The fraction of sp³-hybridized carbons (Fsp3) is 0.500. The van der Waals surface area contributed by atoms with Gasteiger partial charge in [0, 0.05) is 12.1 Å². The van der Waals surface area contributed by atoms with Crippen LogP contribution in [-0.2, 0) is 0 Å². The maximum atomic E-state index is 13.4. The number of hydrogen-bond acceptors (Lipinski definition) is 2. The minimum Gasteiger partial charge on any atom is -0.397 e. The van der Waals surface area contributed by atoms with Gasteiger partial charge in [-0.15, -0.1) is 0 Å². The molecular formula is C12H18FIN2. The summed E-state index contributed by atoms with van der Waals surface area (Å²) in [6.45, 7) is 4.26. The average Bonchev–Trinajstić information content (AvgIpc) is 2.25. The quantitative estimate of drug-likeness (QED) is 0.630. The molecule has 0 saturated carbocycles. The van der Waals surface area contributed by atoms with Gasteiger partial charge in [-0.3, -0.25) is 0 Å². The molecule has 4 heteroatoms. The van der Waals surface area contributed by atoms with Crippen LogP contribution < -0.4 is 11.1 Å². The lowest BCUT2D eigenvalue weighted by Gasteiger charge is -2.19. The summed E-state index contributed by atoms with van der Waals surface area (Å²) < 4.78 is 14.0. The zero-order chi connectivity index (χ0) is 12.1. The molecule has 1 aromatic carbocycles. The molecule has 1 unspecified atom stereocenters. The number of rotatable bonds is 5. The van der Waals surface area contributed by atoms with Crippen molar-refractivity contribution in [2.75, 3.05) is 11.1 Å². The van der Waals surface area contributed by atoms with Crippen molar-refractivity contribution in [2.24, 2.45) is 0 Å². The van der Waals surface area contributed by atoms with E-state index in [0.29, 0.717) is 21.0 Å². The molecule has 3 N–H and O–H groups in total. The molecule has 0 aliphatic carbocycles. The zero-order valence-electron chi connectivity index (χ0n) is 9.69. The van der Waals surface area contributed by atoms with Gasteiger partial charge in [0.25, 0.3) is 0 Å². The standard InChI is InChI=1S/C12H18FIN2/c1-3-5-8(4-2)16-12-6-9(13)10(14)7-11(12)15/h6-8,16H,3-5,15H2,1-2H3. The summed E-state index contributed by atoms with van der Waals surface area (Å²) in [6.07, 6.45) is 3.20. The van der Waals surface area contributed by atoms with Gasteiger partial charge < -0.3 is 11.1 Å². The van der Waals surface area contributed by atoms with Gasteiger partial charge in [0.2, 0.25) is 0 Å². The smallest absolute Gasteiger partial charge is 0.138 e. The highest BCUT2D eigenvalue weighted by atomic mass is 127. The van der Waals surface area contributed by atoms with Gasteiger partial charge in [0.1, 0.15) is 5.82 Å². The fourth-order valence-electron chi connectivity index (χ4n) is 1.63. The van der Waals surface area contributed by atoms with Crippen molar-refractivity contribution in [2.45, 2.75) is 39.2 Å². The Morgan fingerprint density at radius 2 is 2.12 bits per heavy atom. The van der Waals surface area contributed by atoms with E-state index in [1.54, 1.807) is 6.07 Å². The van der Waals surface area contributed by atoms with E-state index < -0.39 is 0 Å². The van der Waals surface area contributed by atoms with E-state index in [1.165, 1.54) is 6.07 Å². The molecule has 1 aromatic rings. The third kappa shape index (κ3) is 3.50. The van der Waals surface area contributed by atoms with Gasteiger partial charge in [0.15, 0.2) is 0 Å². The summed E-state index contributed by atoms with van der Waals surface area (Å²) in [5.74, 6) is -0.219. The number of anilines is 2. The van der Waals surface area contributed by atoms with Gasteiger partial charge in [-0.2, -0.15) is 0 Å². The van der Waals surface area contributed by atoms with Crippen LogP contribution in [-0.4, -0.2) is 6.04 Å². The van der Waals surface area contributed by atoms with E-state index in [-0.39, 0.29) is 5.82 Å². The summed E-state index contributed by atoms with van der Waals surface area (Å²) in [5.41, 5.74) is 7.17. The van der Waals surface area contributed by atoms with Crippen LogP contribution in [0.25, 0.3) is 0 Å². The first-order valence-corrected chi connectivity index (χ1v) is 6.67. The van der Waals surface area contributed by atoms with Gasteiger partial charge in [0.05, 0.1) is 14.9 Å². The number of benzene rings is 1. The van der Waals surface area contributed by atoms with Crippen LogP contribution in [0.15, 0.2) is 12.1 Å². The molecule has 0 heterocycles. The number of nitrogen functional groups attached to an aromatic ring is 1. The third-order valence-electron chi connectivity index (χ3n) is 2.58. The highest BCUT2D eigenvalue weighted by Crippen LogP contribution is 2.25. The second kappa shape index (κ2) is 6.27. The lowest BCUT2D eigenvalue weighted by molar-refractivity contribution is 0.612. The normalized spacial score (nSPS) is 12.5. The van der Waals surface area contributed by atoms with Crippen molar-refractivity contribution in [1.82, 2.24) is 0 Å². The molecule has 0 bridgehead atoms. The van der Waals surface area contributed by atoms with Crippen LogP contribution in [0.5, 0.6) is 0 Å². The van der Waals surface area contributed by atoms with E-state index in [9.17, 15) is 4.39 Å². The lowest BCUT2D eigenvalue weighted by Crippen LogP contribution is -2.19. The molecule has 0 amide bonds. The Balaban J connectivity index is 2.83. The van der Waals surface area contributed by atoms with Gasteiger partial charge >= 0.3 is 0 Å². The molecule has 0 spiro atoms. The summed E-state index contributed by atoms with van der Waals surface area (Å²) in [4.78, 5) is 0. The van der Waals surface area contributed by atoms with Crippen LogP contribution >= 0.6 is 22.6 Å². The topological polar surface area (TPSA) is 38.0 Å². The maximum absolute atomic E-state index is 13.4. The van der Waals surface area contributed by atoms with E-state index in [1.807, 2.05) is 22.6 Å². The average molecular weight is 336 g/mol. The number of nitrogens with two attached hydrogens (primary N) is 1. The molecule has 0 aliphatic heterocycles. The number of nitrogens with one attached hydrogen (secondary N) is 1. The van der Waals surface area contributed by atoms with E-state index in [4.69, 9.17) is 5.73 Å². The van der Waals surface area contributed by atoms with Crippen LogP contribution in [0.4, 0.5) is 15.8 Å². The zero-order valence-corrected chi connectivity index (χ0v) is 11.8. The summed E-state index contributed by atoms with van der Waals surface area (Å²) in [5, 5.41) is 3.30. The molecule has 2 nitrogen and oxygen atoms in total. The molecule has 0 saturated heterocycles. The number of halogens is 2. The molecule has 1 atom stereocenters. The van der Waals surface area contributed by atoms with Crippen LogP contribution in [0.1, 0.15) is 33.1 Å². The Morgan fingerprint density at radius 3 is 2.69 bits per heavy atom. The van der Waals surface area contributed by atoms with Crippen molar-refractivity contribution in [3.8, 4) is 0 Å². The molecule has 0 radical (unpaired) electrons. The van der Waals surface area contributed by atoms with Crippen molar-refractivity contribution in [1.29, 1.82) is 0 Å². The first-order valence-electron chi connectivity index (χ1n) is 5.59. The molecule has 0 aliphatic rings. The van der Waals surface area contributed by atoms with Gasteiger partial charge in [-0.05, 0) is 41.5 Å². The largest absolute Gasteiger partial charge is 0.397 e. The molecule has 0 fully saturated rings. The van der Waals surface area contributed by atoms with Gasteiger partial charge in [-0.1, -0.05) is 20.3 Å². The Hall–Kier alpha value is -0.520. The van der Waals surface area contributed by atoms with Crippen LogP contribution in [0.2, 0.25) is 0 Å². The first kappa shape index (κ1) is 13.5. The summed E-state index contributed by atoms with van der Waals surface area (Å²) in [6, 6.07) is 3.51. The predicted octanol–water partition coefficient (Wildman–Crippen LogP) is 4.00. The molecule has 90 valence electrons. The molecule has 1 rings (SSSR count). The first-order chi connectivity index (χ1) is 7.58. The highest BCUT2D eigenvalue weighted by Gasteiger charge is 2.10. The van der Waals surface area contributed by atoms with E-state index in [0.717, 1.165) is 19.3 Å². The van der Waals surface area contributed by atoms with Crippen molar-refractivity contribution in [3.63, 3.8) is 0 Å². The Morgan fingerprint density at radius 1 is 1.44 bits per heavy atom. The second-order valence-electron chi connectivity index (χ2n) is 3.89. The second-order valence-corrected chi connectivity index (χ2v) is 5.05. The van der Waals surface area contributed by atoms with Crippen molar-refractivity contribution in [3.05, 3.63) is 21.5 Å². The molecule has 16 heavy (non-hydrogen) atoms.